The van der Waals surface area contributed by atoms with Crippen LogP contribution in [0.1, 0.15) is 33.5 Å². The first-order valence-corrected chi connectivity index (χ1v) is 8.21. The Morgan fingerprint density at radius 3 is 2.81 bits per heavy atom. The van der Waals surface area contributed by atoms with E-state index in [9.17, 15) is 8.78 Å². The van der Waals surface area contributed by atoms with Gasteiger partial charge in [0.15, 0.2) is 0 Å². The average molecular weight is 400 g/mol. The molecule has 0 aromatic heterocycles. The van der Waals surface area contributed by atoms with Crippen molar-refractivity contribution in [3.63, 3.8) is 0 Å². The van der Waals surface area contributed by atoms with Crippen LogP contribution in [0.3, 0.4) is 0 Å². The Labute approximate surface area is 136 Å². The number of halogens is 3. The Morgan fingerprint density at radius 2 is 2.00 bits per heavy atom. The second-order valence-corrected chi connectivity index (χ2v) is 6.75. The van der Waals surface area contributed by atoms with Crippen molar-refractivity contribution in [3.05, 3.63) is 64.7 Å². The highest BCUT2D eigenvalue weighted by Gasteiger charge is 2.18. The monoisotopic (exact) mass is 400 g/mol. The SMILES string of the molecule is Fc1ccc(COc2ccc3c(c2)C(I)CCC3)c(F)c1. The molecule has 2 aromatic carbocycles. The predicted octanol–water partition coefficient (Wildman–Crippen LogP) is 5.36. The maximum atomic E-state index is 13.6. The van der Waals surface area contributed by atoms with Gasteiger partial charge in [0, 0.05) is 15.6 Å². The molecule has 110 valence electrons. The predicted molar refractivity (Wildman–Crippen MR) is 86.8 cm³/mol. The van der Waals surface area contributed by atoms with E-state index < -0.39 is 11.6 Å². The van der Waals surface area contributed by atoms with Gasteiger partial charge in [-0.05, 0) is 54.7 Å². The van der Waals surface area contributed by atoms with Gasteiger partial charge in [-0.1, -0.05) is 28.7 Å². The molecule has 0 amide bonds. The quantitative estimate of drug-likeness (QED) is 0.498. The first-order valence-electron chi connectivity index (χ1n) is 6.97. The van der Waals surface area contributed by atoms with Gasteiger partial charge in [0.05, 0.1) is 0 Å². The third-order valence-electron chi connectivity index (χ3n) is 3.77. The Hall–Kier alpha value is -1.17. The molecule has 1 atom stereocenters. The molecule has 0 aliphatic heterocycles. The number of rotatable bonds is 3. The second-order valence-electron chi connectivity index (χ2n) is 5.24. The molecule has 0 N–H and O–H groups in total. The molecule has 0 saturated carbocycles. The van der Waals surface area contributed by atoms with E-state index >= 15 is 0 Å². The van der Waals surface area contributed by atoms with Crippen molar-refractivity contribution in [2.75, 3.05) is 0 Å². The van der Waals surface area contributed by atoms with Crippen molar-refractivity contribution in [3.8, 4) is 5.75 Å². The zero-order valence-electron chi connectivity index (χ0n) is 11.4. The van der Waals surface area contributed by atoms with Crippen LogP contribution in [0, 0.1) is 11.6 Å². The first-order chi connectivity index (χ1) is 10.1. The molecule has 0 heterocycles. The Balaban J connectivity index is 1.75. The number of fused-ring (bicyclic) bond motifs is 1. The van der Waals surface area contributed by atoms with Crippen LogP contribution < -0.4 is 4.74 Å². The molecule has 0 spiro atoms. The molecular weight excluding hydrogens is 385 g/mol. The van der Waals surface area contributed by atoms with Gasteiger partial charge in [-0.2, -0.15) is 0 Å². The van der Waals surface area contributed by atoms with E-state index in [0.717, 1.165) is 18.2 Å². The highest BCUT2D eigenvalue weighted by atomic mass is 127. The molecule has 0 saturated heterocycles. The summed E-state index contributed by atoms with van der Waals surface area (Å²) in [6.07, 6.45) is 3.52. The minimum atomic E-state index is -0.571. The van der Waals surface area contributed by atoms with E-state index in [1.807, 2.05) is 12.1 Å². The van der Waals surface area contributed by atoms with Crippen molar-refractivity contribution in [1.82, 2.24) is 0 Å². The maximum Gasteiger partial charge on any atom is 0.132 e. The van der Waals surface area contributed by atoms with E-state index in [-0.39, 0.29) is 6.61 Å². The topological polar surface area (TPSA) is 9.23 Å². The molecule has 0 fully saturated rings. The van der Waals surface area contributed by atoms with Crippen LogP contribution in [0.25, 0.3) is 0 Å². The number of hydrogen-bond acceptors (Lipinski definition) is 1. The minimum Gasteiger partial charge on any atom is -0.489 e. The third kappa shape index (κ3) is 3.36. The third-order valence-corrected chi connectivity index (χ3v) is 5.06. The molecular formula is C17H15F2IO. The summed E-state index contributed by atoms with van der Waals surface area (Å²) in [7, 11) is 0. The zero-order valence-corrected chi connectivity index (χ0v) is 13.6. The molecule has 1 nitrogen and oxygen atoms in total. The lowest BCUT2D eigenvalue weighted by molar-refractivity contribution is 0.299. The largest absolute Gasteiger partial charge is 0.489 e. The molecule has 1 unspecified atom stereocenters. The van der Waals surface area contributed by atoms with E-state index in [4.69, 9.17) is 4.74 Å². The second kappa shape index (κ2) is 6.30. The Morgan fingerprint density at radius 1 is 1.14 bits per heavy atom. The highest BCUT2D eigenvalue weighted by molar-refractivity contribution is 14.1. The summed E-state index contributed by atoms with van der Waals surface area (Å²) in [6, 6.07) is 9.62. The summed E-state index contributed by atoms with van der Waals surface area (Å²) < 4.78 is 32.6. The fourth-order valence-corrected chi connectivity index (χ4v) is 3.63. The van der Waals surface area contributed by atoms with Gasteiger partial charge in [-0.25, -0.2) is 8.78 Å². The molecule has 21 heavy (non-hydrogen) atoms. The van der Waals surface area contributed by atoms with Crippen molar-refractivity contribution >= 4 is 22.6 Å². The fourth-order valence-electron chi connectivity index (χ4n) is 2.61. The number of alkyl halides is 1. The standard InChI is InChI=1S/C17H15F2IO/c18-13-6-4-12(16(19)8-13)10-21-14-7-5-11-2-1-3-17(20)15(11)9-14/h4-9,17H,1-3,10H2. The molecule has 3 rings (SSSR count). The number of ether oxygens (including phenoxy) is 1. The van der Waals surface area contributed by atoms with Gasteiger partial charge in [-0.3, -0.25) is 0 Å². The smallest absolute Gasteiger partial charge is 0.132 e. The van der Waals surface area contributed by atoms with E-state index in [1.54, 1.807) is 0 Å². The van der Waals surface area contributed by atoms with Crippen LogP contribution >= 0.6 is 22.6 Å². The van der Waals surface area contributed by atoms with Crippen LogP contribution in [-0.4, -0.2) is 0 Å². The first kappa shape index (κ1) is 14.8. The Kier molecular flexibility index (Phi) is 4.42. The summed E-state index contributed by atoms with van der Waals surface area (Å²) in [5, 5.41) is 0. The maximum absolute atomic E-state index is 13.6. The highest BCUT2D eigenvalue weighted by Crippen LogP contribution is 2.38. The van der Waals surface area contributed by atoms with Crippen LogP contribution in [0.15, 0.2) is 36.4 Å². The zero-order chi connectivity index (χ0) is 14.8. The van der Waals surface area contributed by atoms with Gasteiger partial charge < -0.3 is 4.74 Å². The fraction of sp³-hybridized carbons (Fsp3) is 0.294. The van der Waals surface area contributed by atoms with Crippen LogP contribution in [0.4, 0.5) is 8.78 Å². The molecule has 2 aromatic rings. The lowest BCUT2D eigenvalue weighted by Crippen LogP contribution is -2.06. The summed E-state index contributed by atoms with van der Waals surface area (Å²) in [5.41, 5.74) is 3.06. The van der Waals surface area contributed by atoms with E-state index in [0.29, 0.717) is 9.49 Å². The summed E-state index contributed by atoms with van der Waals surface area (Å²) in [5.74, 6) is -0.404. The van der Waals surface area contributed by atoms with Crippen LogP contribution in [-0.2, 0) is 13.0 Å². The van der Waals surface area contributed by atoms with Crippen molar-refractivity contribution < 1.29 is 13.5 Å². The van der Waals surface area contributed by atoms with Crippen molar-refractivity contribution in [1.29, 1.82) is 0 Å². The number of aryl methyl sites for hydroxylation is 1. The number of benzene rings is 2. The molecule has 4 heteroatoms. The summed E-state index contributed by atoms with van der Waals surface area (Å²) >= 11 is 2.46. The minimum absolute atomic E-state index is 0.108. The molecule has 0 bridgehead atoms. The lowest BCUT2D eigenvalue weighted by atomic mass is 9.91. The summed E-state index contributed by atoms with van der Waals surface area (Å²) in [6.45, 7) is 0.108. The molecule has 1 aliphatic rings. The van der Waals surface area contributed by atoms with Gasteiger partial charge in [0.1, 0.15) is 24.0 Å². The van der Waals surface area contributed by atoms with Gasteiger partial charge >= 0.3 is 0 Å². The average Bonchev–Trinajstić information content (AvgIpc) is 2.47. The molecule has 1 aliphatic carbocycles. The van der Waals surface area contributed by atoms with Crippen molar-refractivity contribution in [2.24, 2.45) is 0 Å². The lowest BCUT2D eigenvalue weighted by Gasteiger charge is -2.21. The van der Waals surface area contributed by atoms with E-state index in [1.165, 1.54) is 36.1 Å². The molecule has 0 radical (unpaired) electrons. The van der Waals surface area contributed by atoms with Crippen LogP contribution in [0.5, 0.6) is 5.75 Å². The van der Waals surface area contributed by atoms with Gasteiger partial charge in [0.2, 0.25) is 0 Å². The Bertz CT molecular complexity index is 657. The summed E-state index contributed by atoms with van der Waals surface area (Å²) in [4.78, 5) is 0. The van der Waals surface area contributed by atoms with Gasteiger partial charge in [-0.15, -0.1) is 0 Å². The number of hydrogen-bond donors (Lipinski definition) is 0. The normalized spacial score (nSPS) is 17.4. The van der Waals surface area contributed by atoms with Crippen molar-refractivity contribution in [2.45, 2.75) is 29.8 Å². The van der Waals surface area contributed by atoms with E-state index in [2.05, 4.69) is 28.7 Å². The van der Waals surface area contributed by atoms with Gasteiger partial charge in [0.25, 0.3) is 0 Å². The van der Waals surface area contributed by atoms with Crippen LogP contribution in [0.2, 0.25) is 0 Å².